The minimum absolute atomic E-state index is 0. The lowest BCUT2D eigenvalue weighted by Gasteiger charge is -2.35. The number of benzene rings is 1. The van der Waals surface area contributed by atoms with Crippen LogP contribution in [0.2, 0.25) is 0 Å². The third kappa shape index (κ3) is 7.31. The van der Waals surface area contributed by atoms with Gasteiger partial charge in [0.25, 0.3) is 0 Å². The average Bonchev–Trinajstić information content (AvgIpc) is 2.62. The summed E-state index contributed by atoms with van der Waals surface area (Å²) in [4.78, 5) is 7.30. The maximum absolute atomic E-state index is 5.42. The van der Waals surface area contributed by atoms with Crippen LogP contribution in [-0.4, -0.2) is 56.2 Å². The van der Waals surface area contributed by atoms with E-state index >= 15 is 0 Å². The SMILES string of the molecule is CCNC(=NCCc1ccccc1OC)NC1CCN(C(C)C)CC1.I. The highest BCUT2D eigenvalue weighted by Crippen LogP contribution is 2.17. The normalized spacial score (nSPS) is 16.3. The van der Waals surface area contributed by atoms with Gasteiger partial charge in [0.15, 0.2) is 5.96 Å². The van der Waals surface area contributed by atoms with E-state index in [0.29, 0.717) is 12.1 Å². The molecule has 1 aliphatic heterocycles. The van der Waals surface area contributed by atoms with Gasteiger partial charge in [-0.1, -0.05) is 18.2 Å². The maximum Gasteiger partial charge on any atom is 0.191 e. The Balaban J connectivity index is 0.00000338. The number of hydrogen-bond acceptors (Lipinski definition) is 3. The zero-order valence-electron chi connectivity index (χ0n) is 16.6. The van der Waals surface area contributed by atoms with Crippen LogP contribution in [0.4, 0.5) is 0 Å². The Bertz CT molecular complexity index is 542. The Morgan fingerprint density at radius 1 is 1.27 bits per heavy atom. The van der Waals surface area contributed by atoms with Crippen molar-refractivity contribution in [3.8, 4) is 5.75 Å². The smallest absolute Gasteiger partial charge is 0.191 e. The number of nitrogens with zero attached hydrogens (tertiary/aromatic N) is 2. The van der Waals surface area contributed by atoms with Gasteiger partial charge in [0.05, 0.1) is 7.11 Å². The first-order valence-corrected chi connectivity index (χ1v) is 9.54. The second kappa shape index (κ2) is 12.4. The highest BCUT2D eigenvalue weighted by molar-refractivity contribution is 14.0. The first-order valence-electron chi connectivity index (χ1n) is 9.54. The maximum atomic E-state index is 5.42. The van der Waals surface area contributed by atoms with E-state index in [4.69, 9.17) is 9.73 Å². The summed E-state index contributed by atoms with van der Waals surface area (Å²) in [7, 11) is 1.72. The van der Waals surface area contributed by atoms with Crippen LogP contribution >= 0.6 is 24.0 Å². The van der Waals surface area contributed by atoms with E-state index in [-0.39, 0.29) is 24.0 Å². The van der Waals surface area contributed by atoms with Gasteiger partial charge in [0.1, 0.15) is 5.75 Å². The number of piperidine rings is 1. The molecule has 148 valence electrons. The molecule has 0 atom stereocenters. The molecule has 26 heavy (non-hydrogen) atoms. The number of hydrogen-bond donors (Lipinski definition) is 2. The molecule has 0 aliphatic carbocycles. The van der Waals surface area contributed by atoms with Gasteiger partial charge in [-0.2, -0.15) is 0 Å². The molecule has 0 bridgehead atoms. The van der Waals surface area contributed by atoms with Crippen molar-refractivity contribution in [3.05, 3.63) is 29.8 Å². The molecule has 0 unspecified atom stereocenters. The van der Waals surface area contributed by atoms with Crippen molar-refractivity contribution in [1.29, 1.82) is 0 Å². The van der Waals surface area contributed by atoms with Crippen molar-refractivity contribution in [2.45, 2.75) is 52.1 Å². The van der Waals surface area contributed by atoms with Gasteiger partial charge in [-0.05, 0) is 51.7 Å². The molecule has 5 nitrogen and oxygen atoms in total. The van der Waals surface area contributed by atoms with E-state index < -0.39 is 0 Å². The summed E-state index contributed by atoms with van der Waals surface area (Å²) in [6, 6.07) is 9.32. The fourth-order valence-electron chi connectivity index (χ4n) is 3.27. The summed E-state index contributed by atoms with van der Waals surface area (Å²) in [5.41, 5.74) is 1.20. The molecule has 1 heterocycles. The third-order valence-electron chi connectivity index (χ3n) is 4.79. The lowest BCUT2D eigenvalue weighted by Crippen LogP contribution is -2.49. The number of para-hydroxylation sites is 1. The minimum atomic E-state index is 0. The predicted octanol–water partition coefficient (Wildman–Crippen LogP) is 3.28. The monoisotopic (exact) mass is 474 g/mol. The number of nitrogens with one attached hydrogen (secondary N) is 2. The summed E-state index contributed by atoms with van der Waals surface area (Å²) in [5.74, 6) is 1.87. The van der Waals surface area contributed by atoms with Gasteiger partial charge in [0, 0.05) is 38.3 Å². The van der Waals surface area contributed by atoms with Crippen LogP contribution in [0.25, 0.3) is 0 Å². The molecule has 0 spiro atoms. The molecule has 6 heteroatoms. The number of guanidine groups is 1. The van der Waals surface area contributed by atoms with Gasteiger partial charge in [-0.15, -0.1) is 24.0 Å². The summed E-state index contributed by atoms with van der Waals surface area (Å²) in [6.45, 7) is 10.6. The molecule has 1 aromatic rings. The van der Waals surface area contributed by atoms with Gasteiger partial charge >= 0.3 is 0 Å². The topological polar surface area (TPSA) is 48.9 Å². The Kier molecular flexibility index (Phi) is 11.0. The molecule has 0 amide bonds. The van der Waals surface area contributed by atoms with Crippen molar-refractivity contribution >= 4 is 29.9 Å². The van der Waals surface area contributed by atoms with E-state index in [1.807, 2.05) is 18.2 Å². The molecule has 0 saturated carbocycles. The van der Waals surface area contributed by atoms with Gasteiger partial charge in [0.2, 0.25) is 0 Å². The first kappa shape index (κ1) is 23.0. The Morgan fingerprint density at radius 3 is 2.58 bits per heavy atom. The van der Waals surface area contributed by atoms with Crippen molar-refractivity contribution in [3.63, 3.8) is 0 Å². The second-order valence-electron chi connectivity index (χ2n) is 6.87. The molecule has 0 radical (unpaired) electrons. The van der Waals surface area contributed by atoms with Crippen LogP contribution in [0.15, 0.2) is 29.3 Å². The highest BCUT2D eigenvalue weighted by Gasteiger charge is 2.21. The molecule has 2 rings (SSSR count). The number of aliphatic imine (C=N–C) groups is 1. The van der Waals surface area contributed by atoms with Crippen LogP contribution in [0.5, 0.6) is 5.75 Å². The van der Waals surface area contributed by atoms with Crippen LogP contribution < -0.4 is 15.4 Å². The molecule has 1 fully saturated rings. The number of halogens is 1. The van der Waals surface area contributed by atoms with E-state index in [9.17, 15) is 0 Å². The first-order chi connectivity index (χ1) is 12.1. The zero-order valence-corrected chi connectivity index (χ0v) is 19.0. The number of rotatable bonds is 7. The Labute approximate surface area is 176 Å². The van der Waals surface area contributed by atoms with Crippen LogP contribution in [0.1, 0.15) is 39.2 Å². The quantitative estimate of drug-likeness (QED) is 0.362. The fourth-order valence-corrected chi connectivity index (χ4v) is 3.27. The van der Waals surface area contributed by atoms with Crippen molar-refractivity contribution in [2.24, 2.45) is 4.99 Å². The van der Waals surface area contributed by atoms with Gasteiger partial charge in [-0.3, -0.25) is 4.99 Å². The standard InChI is InChI=1S/C20H34N4O.HI/c1-5-21-20(23-18-11-14-24(15-12-18)16(2)3)22-13-10-17-8-6-7-9-19(17)25-4;/h6-9,16,18H,5,10-15H2,1-4H3,(H2,21,22,23);1H. The number of methoxy groups -OCH3 is 1. The molecular weight excluding hydrogens is 439 g/mol. The lowest BCUT2D eigenvalue weighted by molar-refractivity contribution is 0.167. The average molecular weight is 474 g/mol. The molecule has 1 saturated heterocycles. The fraction of sp³-hybridized carbons (Fsp3) is 0.650. The zero-order chi connectivity index (χ0) is 18.1. The van der Waals surface area contributed by atoms with Crippen LogP contribution in [-0.2, 0) is 6.42 Å². The van der Waals surface area contributed by atoms with E-state index in [1.54, 1.807) is 7.11 Å². The van der Waals surface area contributed by atoms with Crippen molar-refractivity contribution in [1.82, 2.24) is 15.5 Å². The lowest BCUT2D eigenvalue weighted by atomic mass is 10.0. The number of likely N-dealkylation sites (tertiary alicyclic amines) is 1. The van der Waals surface area contributed by atoms with E-state index in [0.717, 1.165) is 44.3 Å². The molecule has 1 aliphatic rings. The number of ether oxygens (including phenoxy) is 1. The molecule has 1 aromatic carbocycles. The largest absolute Gasteiger partial charge is 0.496 e. The van der Waals surface area contributed by atoms with Crippen LogP contribution in [0, 0.1) is 0 Å². The van der Waals surface area contributed by atoms with Gasteiger partial charge < -0.3 is 20.3 Å². The summed E-state index contributed by atoms with van der Waals surface area (Å²) >= 11 is 0. The summed E-state index contributed by atoms with van der Waals surface area (Å²) in [5, 5.41) is 6.98. The van der Waals surface area contributed by atoms with E-state index in [1.165, 1.54) is 18.4 Å². The van der Waals surface area contributed by atoms with Gasteiger partial charge in [-0.25, -0.2) is 0 Å². The molecular formula is C20H35IN4O. The second-order valence-corrected chi connectivity index (χ2v) is 6.87. The van der Waals surface area contributed by atoms with E-state index in [2.05, 4.69) is 42.4 Å². The minimum Gasteiger partial charge on any atom is -0.496 e. The summed E-state index contributed by atoms with van der Waals surface area (Å²) < 4.78 is 5.42. The van der Waals surface area contributed by atoms with Crippen molar-refractivity contribution < 1.29 is 4.74 Å². The van der Waals surface area contributed by atoms with Crippen LogP contribution in [0.3, 0.4) is 0 Å². The highest BCUT2D eigenvalue weighted by atomic mass is 127. The Hall–Kier alpha value is -1.02. The Morgan fingerprint density at radius 2 is 1.96 bits per heavy atom. The molecule has 0 aromatic heterocycles. The third-order valence-corrected chi connectivity index (χ3v) is 4.79. The summed E-state index contributed by atoms with van der Waals surface area (Å²) in [6.07, 6.45) is 3.23. The predicted molar refractivity (Wildman–Crippen MR) is 121 cm³/mol. The van der Waals surface area contributed by atoms with Crippen molar-refractivity contribution in [2.75, 3.05) is 33.3 Å². The molecule has 2 N–H and O–H groups in total.